The predicted molar refractivity (Wildman–Crippen MR) is 74.0 cm³/mol. The molecule has 0 saturated heterocycles. The van der Waals surface area contributed by atoms with E-state index in [1.807, 2.05) is 0 Å². The number of nitrogens with zero attached hydrogens (tertiary/aromatic N) is 3. The summed E-state index contributed by atoms with van der Waals surface area (Å²) in [7, 11) is 0. The van der Waals surface area contributed by atoms with Gasteiger partial charge in [0.2, 0.25) is 0 Å². The van der Waals surface area contributed by atoms with Crippen molar-refractivity contribution in [1.82, 2.24) is 15.2 Å². The van der Waals surface area contributed by atoms with E-state index in [0.29, 0.717) is 16.5 Å². The van der Waals surface area contributed by atoms with Gasteiger partial charge < -0.3 is 5.32 Å². The average Bonchev–Trinajstić information content (AvgIpc) is 2.35. The Labute approximate surface area is 123 Å². The molecule has 19 heavy (non-hydrogen) atoms. The van der Waals surface area contributed by atoms with Crippen LogP contribution in [0.15, 0.2) is 18.2 Å². The van der Waals surface area contributed by atoms with Crippen molar-refractivity contribution in [3.8, 4) is 0 Å². The maximum Gasteiger partial charge on any atom is 0.259 e. The fourth-order valence-electron chi connectivity index (χ4n) is 1.36. The van der Waals surface area contributed by atoms with E-state index in [1.165, 1.54) is 6.07 Å². The molecule has 1 amide bonds. The normalized spacial score (nSPS) is 10.3. The van der Waals surface area contributed by atoms with Crippen LogP contribution in [0.25, 0.3) is 0 Å². The van der Waals surface area contributed by atoms with E-state index in [9.17, 15) is 4.79 Å². The third-order valence-electron chi connectivity index (χ3n) is 2.26. The van der Waals surface area contributed by atoms with Gasteiger partial charge in [-0.1, -0.05) is 34.8 Å². The topological polar surface area (TPSA) is 67.8 Å². The lowest BCUT2D eigenvalue weighted by Gasteiger charge is -2.08. The van der Waals surface area contributed by atoms with Crippen molar-refractivity contribution in [1.29, 1.82) is 0 Å². The molecule has 0 atom stereocenters. The number of rotatable bonds is 2. The smallest absolute Gasteiger partial charge is 0.259 e. The standard InChI is InChI=1S/C11H7Cl3N4O/c1-5-7(2-3-8(12)15-5)16-11(19)6-4-9(13)17-18-10(6)14/h2-4H,1H3,(H,16,19). The van der Waals surface area contributed by atoms with Crippen LogP contribution < -0.4 is 5.32 Å². The summed E-state index contributed by atoms with van der Waals surface area (Å²) in [5.41, 5.74) is 1.25. The van der Waals surface area contributed by atoms with Crippen molar-refractivity contribution in [3.63, 3.8) is 0 Å². The molecule has 0 aliphatic rings. The average molecular weight is 318 g/mol. The van der Waals surface area contributed by atoms with Gasteiger partial charge in [0.15, 0.2) is 10.3 Å². The second kappa shape index (κ2) is 5.69. The van der Waals surface area contributed by atoms with Crippen molar-refractivity contribution in [2.45, 2.75) is 6.92 Å². The van der Waals surface area contributed by atoms with E-state index in [4.69, 9.17) is 34.8 Å². The highest BCUT2D eigenvalue weighted by Gasteiger charge is 2.14. The second-order valence-electron chi connectivity index (χ2n) is 3.59. The third-order valence-corrected chi connectivity index (χ3v) is 2.94. The molecule has 2 rings (SSSR count). The largest absolute Gasteiger partial charge is 0.320 e. The molecular formula is C11H7Cl3N4O. The van der Waals surface area contributed by atoms with Crippen molar-refractivity contribution < 1.29 is 4.79 Å². The minimum absolute atomic E-state index is 0.0264. The number of hydrogen-bond donors (Lipinski definition) is 1. The zero-order chi connectivity index (χ0) is 14.0. The first-order valence-electron chi connectivity index (χ1n) is 5.10. The number of carbonyl (C=O) groups excluding carboxylic acids is 1. The van der Waals surface area contributed by atoms with Gasteiger partial charge in [0.05, 0.1) is 16.9 Å². The first-order chi connectivity index (χ1) is 8.97. The molecule has 0 aliphatic carbocycles. The fourth-order valence-corrected chi connectivity index (χ4v) is 1.88. The molecule has 1 N–H and O–H groups in total. The Morgan fingerprint density at radius 3 is 2.58 bits per heavy atom. The van der Waals surface area contributed by atoms with Crippen molar-refractivity contribution >= 4 is 46.4 Å². The first kappa shape index (κ1) is 14.0. The number of halogens is 3. The van der Waals surface area contributed by atoms with E-state index < -0.39 is 5.91 Å². The van der Waals surface area contributed by atoms with Gasteiger partial charge in [-0.2, -0.15) is 0 Å². The SMILES string of the molecule is Cc1nc(Cl)ccc1NC(=O)c1cc(Cl)nnc1Cl. The van der Waals surface area contributed by atoms with Crippen LogP contribution in [-0.4, -0.2) is 21.1 Å². The Kier molecular flexibility index (Phi) is 4.19. The Morgan fingerprint density at radius 2 is 1.89 bits per heavy atom. The summed E-state index contributed by atoms with van der Waals surface area (Å²) in [4.78, 5) is 16.1. The molecular weight excluding hydrogens is 311 g/mol. The number of aryl methyl sites for hydroxylation is 1. The minimum Gasteiger partial charge on any atom is -0.320 e. The van der Waals surface area contributed by atoms with Crippen LogP contribution in [0.2, 0.25) is 15.5 Å². The van der Waals surface area contributed by atoms with Crippen LogP contribution in [0.5, 0.6) is 0 Å². The Morgan fingerprint density at radius 1 is 1.16 bits per heavy atom. The quantitative estimate of drug-likeness (QED) is 0.862. The third kappa shape index (κ3) is 3.32. The van der Waals surface area contributed by atoms with Crippen LogP contribution in [0.3, 0.4) is 0 Å². The Hall–Kier alpha value is -1.43. The molecule has 5 nitrogen and oxygen atoms in total. The highest BCUT2D eigenvalue weighted by atomic mass is 35.5. The van der Waals surface area contributed by atoms with Crippen LogP contribution in [-0.2, 0) is 0 Å². The first-order valence-corrected chi connectivity index (χ1v) is 6.24. The lowest BCUT2D eigenvalue weighted by atomic mass is 10.2. The van der Waals surface area contributed by atoms with Gasteiger partial charge in [0.25, 0.3) is 5.91 Å². The molecule has 2 aromatic rings. The number of aromatic nitrogens is 3. The molecule has 0 bridgehead atoms. The van der Waals surface area contributed by atoms with Gasteiger partial charge in [0, 0.05) is 0 Å². The van der Waals surface area contributed by atoms with Crippen molar-refractivity contribution in [3.05, 3.63) is 44.9 Å². The fraction of sp³-hybridized carbons (Fsp3) is 0.0909. The second-order valence-corrected chi connectivity index (χ2v) is 4.73. The zero-order valence-corrected chi connectivity index (χ0v) is 11.9. The highest BCUT2D eigenvalue weighted by molar-refractivity contribution is 6.34. The number of anilines is 1. The molecule has 0 aromatic carbocycles. The summed E-state index contributed by atoms with van der Waals surface area (Å²) in [5.74, 6) is -0.450. The summed E-state index contributed by atoms with van der Waals surface area (Å²) in [5, 5.41) is 10.2. The number of pyridine rings is 1. The van der Waals surface area contributed by atoms with E-state index >= 15 is 0 Å². The van der Waals surface area contributed by atoms with Gasteiger partial charge >= 0.3 is 0 Å². The minimum atomic E-state index is -0.450. The summed E-state index contributed by atoms with van der Waals surface area (Å²) < 4.78 is 0. The van der Waals surface area contributed by atoms with Gasteiger partial charge in [-0.05, 0) is 25.1 Å². The lowest BCUT2D eigenvalue weighted by Crippen LogP contribution is -2.14. The van der Waals surface area contributed by atoms with Gasteiger partial charge in [-0.15, -0.1) is 10.2 Å². The van der Waals surface area contributed by atoms with Gasteiger partial charge in [-0.25, -0.2) is 4.98 Å². The van der Waals surface area contributed by atoms with Crippen LogP contribution in [0.1, 0.15) is 16.1 Å². The Bertz CT molecular complexity index is 648. The maximum atomic E-state index is 12.0. The highest BCUT2D eigenvalue weighted by Crippen LogP contribution is 2.20. The number of nitrogens with one attached hydrogen (secondary N) is 1. The molecule has 2 aromatic heterocycles. The molecule has 0 spiro atoms. The van der Waals surface area contributed by atoms with E-state index in [0.717, 1.165) is 0 Å². The van der Waals surface area contributed by atoms with E-state index in [1.54, 1.807) is 19.1 Å². The Balaban J connectivity index is 2.28. The lowest BCUT2D eigenvalue weighted by molar-refractivity contribution is 0.102. The van der Waals surface area contributed by atoms with Gasteiger partial charge in [-0.3, -0.25) is 4.79 Å². The van der Waals surface area contributed by atoms with Crippen molar-refractivity contribution in [2.24, 2.45) is 0 Å². The molecule has 0 saturated carbocycles. The number of carbonyl (C=O) groups is 1. The molecule has 0 fully saturated rings. The number of amides is 1. The maximum absolute atomic E-state index is 12.0. The van der Waals surface area contributed by atoms with E-state index in [2.05, 4.69) is 20.5 Å². The molecule has 0 aliphatic heterocycles. The summed E-state index contributed by atoms with van der Waals surface area (Å²) in [6.07, 6.45) is 0. The molecule has 0 radical (unpaired) electrons. The zero-order valence-electron chi connectivity index (χ0n) is 9.62. The molecule has 2 heterocycles. The molecule has 8 heteroatoms. The summed E-state index contributed by atoms with van der Waals surface area (Å²) in [6.45, 7) is 1.72. The number of hydrogen-bond acceptors (Lipinski definition) is 4. The van der Waals surface area contributed by atoms with Gasteiger partial charge in [0.1, 0.15) is 5.15 Å². The predicted octanol–water partition coefficient (Wildman–Crippen LogP) is 3.39. The van der Waals surface area contributed by atoms with E-state index in [-0.39, 0.29) is 15.9 Å². The summed E-state index contributed by atoms with van der Waals surface area (Å²) >= 11 is 17.2. The molecule has 98 valence electrons. The van der Waals surface area contributed by atoms with Crippen LogP contribution in [0, 0.1) is 6.92 Å². The van der Waals surface area contributed by atoms with Crippen molar-refractivity contribution in [2.75, 3.05) is 5.32 Å². The van der Waals surface area contributed by atoms with Crippen LogP contribution in [0.4, 0.5) is 5.69 Å². The summed E-state index contributed by atoms with van der Waals surface area (Å²) in [6, 6.07) is 4.56. The van der Waals surface area contributed by atoms with Crippen LogP contribution >= 0.6 is 34.8 Å². The molecule has 0 unspecified atom stereocenters. The monoisotopic (exact) mass is 316 g/mol.